The van der Waals surface area contributed by atoms with Gasteiger partial charge >= 0.3 is 0 Å². The van der Waals surface area contributed by atoms with Gasteiger partial charge in [0.15, 0.2) is 0 Å². The van der Waals surface area contributed by atoms with E-state index >= 15 is 0 Å². The second-order valence-corrected chi connectivity index (χ2v) is 5.94. The van der Waals surface area contributed by atoms with E-state index in [1.54, 1.807) is 0 Å². The van der Waals surface area contributed by atoms with Crippen molar-refractivity contribution in [1.29, 1.82) is 0 Å². The molecule has 2 aliphatic rings. The number of nitrogens with one attached hydrogen (secondary N) is 1. The standard InChI is InChI=1S/C14H28N2/c1-4-14(11(2)3)16(13-7-8-13)10-12-6-5-9-15-12/h11-15H,4-10H2,1-3H3. The second kappa shape index (κ2) is 5.50. The first kappa shape index (κ1) is 12.4. The highest BCUT2D eigenvalue weighted by atomic mass is 15.2. The molecule has 1 aliphatic carbocycles. The molecule has 2 nitrogen and oxygen atoms in total. The lowest BCUT2D eigenvalue weighted by molar-refractivity contribution is 0.129. The molecule has 1 heterocycles. The summed E-state index contributed by atoms with van der Waals surface area (Å²) in [5, 5.41) is 3.65. The van der Waals surface area contributed by atoms with Crippen LogP contribution in [-0.4, -0.2) is 36.1 Å². The quantitative estimate of drug-likeness (QED) is 0.746. The predicted molar refractivity (Wildman–Crippen MR) is 69.7 cm³/mol. The molecule has 2 heteroatoms. The first-order chi connectivity index (χ1) is 7.72. The lowest BCUT2D eigenvalue weighted by Gasteiger charge is -2.36. The van der Waals surface area contributed by atoms with E-state index in [-0.39, 0.29) is 0 Å². The van der Waals surface area contributed by atoms with Crippen LogP contribution in [0.5, 0.6) is 0 Å². The van der Waals surface area contributed by atoms with Crippen molar-refractivity contribution >= 4 is 0 Å². The summed E-state index contributed by atoms with van der Waals surface area (Å²) in [6, 6.07) is 2.48. The molecule has 94 valence electrons. The summed E-state index contributed by atoms with van der Waals surface area (Å²) < 4.78 is 0. The Labute approximate surface area is 101 Å². The molecule has 2 unspecified atom stereocenters. The summed E-state index contributed by atoms with van der Waals surface area (Å²) >= 11 is 0. The van der Waals surface area contributed by atoms with Crippen molar-refractivity contribution in [3.63, 3.8) is 0 Å². The zero-order valence-corrected chi connectivity index (χ0v) is 11.2. The molecular weight excluding hydrogens is 196 g/mol. The Hall–Kier alpha value is -0.0800. The molecule has 0 amide bonds. The van der Waals surface area contributed by atoms with Crippen LogP contribution in [0.25, 0.3) is 0 Å². The van der Waals surface area contributed by atoms with E-state index in [2.05, 4.69) is 31.0 Å². The maximum Gasteiger partial charge on any atom is 0.0195 e. The molecular formula is C14H28N2. The molecule has 0 aromatic carbocycles. The van der Waals surface area contributed by atoms with E-state index in [0.29, 0.717) is 0 Å². The zero-order valence-electron chi connectivity index (χ0n) is 11.2. The number of nitrogens with zero attached hydrogens (tertiary/aromatic N) is 1. The Morgan fingerprint density at radius 2 is 2.00 bits per heavy atom. The van der Waals surface area contributed by atoms with Crippen molar-refractivity contribution < 1.29 is 0 Å². The van der Waals surface area contributed by atoms with Crippen LogP contribution in [0.15, 0.2) is 0 Å². The van der Waals surface area contributed by atoms with Crippen molar-refractivity contribution in [3.8, 4) is 0 Å². The van der Waals surface area contributed by atoms with Gasteiger partial charge in [0, 0.05) is 24.7 Å². The van der Waals surface area contributed by atoms with Gasteiger partial charge in [0.05, 0.1) is 0 Å². The molecule has 0 aromatic rings. The van der Waals surface area contributed by atoms with E-state index in [9.17, 15) is 0 Å². The van der Waals surface area contributed by atoms with Gasteiger partial charge in [-0.2, -0.15) is 0 Å². The van der Waals surface area contributed by atoms with Crippen molar-refractivity contribution in [2.45, 2.75) is 71.0 Å². The minimum atomic E-state index is 0.772. The van der Waals surface area contributed by atoms with Gasteiger partial charge in [0.2, 0.25) is 0 Å². The van der Waals surface area contributed by atoms with Crippen LogP contribution in [0.2, 0.25) is 0 Å². The molecule has 1 saturated heterocycles. The van der Waals surface area contributed by atoms with Gasteiger partial charge in [-0.05, 0) is 44.6 Å². The van der Waals surface area contributed by atoms with Gasteiger partial charge in [0.1, 0.15) is 0 Å². The number of hydrogen-bond acceptors (Lipinski definition) is 2. The smallest absolute Gasteiger partial charge is 0.0195 e. The summed E-state index contributed by atoms with van der Waals surface area (Å²) in [4.78, 5) is 2.81. The molecule has 0 bridgehead atoms. The maximum absolute atomic E-state index is 3.65. The number of hydrogen-bond donors (Lipinski definition) is 1. The summed E-state index contributed by atoms with van der Waals surface area (Å²) in [6.07, 6.45) is 6.95. The van der Waals surface area contributed by atoms with Crippen molar-refractivity contribution in [2.24, 2.45) is 5.92 Å². The Bertz CT molecular complexity index is 205. The van der Waals surface area contributed by atoms with Crippen molar-refractivity contribution in [3.05, 3.63) is 0 Å². The van der Waals surface area contributed by atoms with Gasteiger partial charge in [0.25, 0.3) is 0 Å². The highest BCUT2D eigenvalue weighted by Crippen LogP contribution is 2.32. The maximum atomic E-state index is 3.65. The third-order valence-corrected chi connectivity index (χ3v) is 4.22. The fourth-order valence-corrected chi connectivity index (χ4v) is 3.22. The first-order valence-corrected chi connectivity index (χ1v) is 7.21. The SMILES string of the molecule is CCC(C(C)C)N(CC1CCCN1)C1CC1. The summed E-state index contributed by atoms with van der Waals surface area (Å²) in [6.45, 7) is 9.64. The minimum absolute atomic E-state index is 0.772. The van der Waals surface area contributed by atoms with Gasteiger partial charge < -0.3 is 5.32 Å². The van der Waals surface area contributed by atoms with Crippen molar-refractivity contribution in [2.75, 3.05) is 13.1 Å². The van der Waals surface area contributed by atoms with Gasteiger partial charge in [-0.1, -0.05) is 20.8 Å². The molecule has 2 atom stereocenters. The fourth-order valence-electron chi connectivity index (χ4n) is 3.22. The molecule has 2 rings (SSSR count). The molecule has 0 aromatic heterocycles. The minimum Gasteiger partial charge on any atom is -0.313 e. The van der Waals surface area contributed by atoms with Crippen LogP contribution in [-0.2, 0) is 0 Å². The van der Waals surface area contributed by atoms with Gasteiger partial charge in [-0.25, -0.2) is 0 Å². The number of rotatable bonds is 6. The Morgan fingerprint density at radius 3 is 2.44 bits per heavy atom. The highest BCUT2D eigenvalue weighted by molar-refractivity contribution is 4.92. The third-order valence-electron chi connectivity index (χ3n) is 4.22. The van der Waals surface area contributed by atoms with E-state index in [1.807, 2.05) is 0 Å². The largest absolute Gasteiger partial charge is 0.313 e. The Balaban J connectivity index is 1.92. The van der Waals surface area contributed by atoms with Crippen LogP contribution >= 0.6 is 0 Å². The average molecular weight is 224 g/mol. The summed E-state index contributed by atoms with van der Waals surface area (Å²) in [5.41, 5.74) is 0. The Morgan fingerprint density at radius 1 is 1.25 bits per heavy atom. The molecule has 0 spiro atoms. The van der Waals surface area contributed by atoms with E-state index in [4.69, 9.17) is 0 Å². The van der Waals surface area contributed by atoms with E-state index < -0.39 is 0 Å². The molecule has 1 N–H and O–H groups in total. The van der Waals surface area contributed by atoms with Crippen LogP contribution in [0.1, 0.15) is 52.9 Å². The lowest BCUT2D eigenvalue weighted by atomic mass is 9.98. The molecule has 16 heavy (non-hydrogen) atoms. The second-order valence-electron chi connectivity index (χ2n) is 5.94. The van der Waals surface area contributed by atoms with Gasteiger partial charge in [-0.15, -0.1) is 0 Å². The van der Waals surface area contributed by atoms with E-state index in [1.165, 1.54) is 45.2 Å². The van der Waals surface area contributed by atoms with Gasteiger partial charge in [-0.3, -0.25) is 4.90 Å². The topological polar surface area (TPSA) is 15.3 Å². The summed E-state index contributed by atoms with van der Waals surface area (Å²) in [7, 11) is 0. The van der Waals surface area contributed by atoms with Crippen LogP contribution in [0.4, 0.5) is 0 Å². The molecule has 1 saturated carbocycles. The van der Waals surface area contributed by atoms with E-state index in [0.717, 1.165) is 24.0 Å². The third kappa shape index (κ3) is 2.98. The lowest BCUT2D eigenvalue weighted by Crippen LogP contribution is -2.46. The Kier molecular flexibility index (Phi) is 4.26. The summed E-state index contributed by atoms with van der Waals surface area (Å²) in [5.74, 6) is 0.798. The molecule has 2 fully saturated rings. The normalized spacial score (nSPS) is 27.9. The monoisotopic (exact) mass is 224 g/mol. The highest BCUT2D eigenvalue weighted by Gasteiger charge is 2.35. The predicted octanol–water partition coefficient (Wildman–Crippen LogP) is 2.64. The first-order valence-electron chi connectivity index (χ1n) is 7.21. The van der Waals surface area contributed by atoms with Crippen LogP contribution in [0, 0.1) is 5.92 Å². The fraction of sp³-hybridized carbons (Fsp3) is 1.00. The van der Waals surface area contributed by atoms with Crippen LogP contribution in [0.3, 0.4) is 0 Å². The average Bonchev–Trinajstić information content (AvgIpc) is 2.96. The zero-order chi connectivity index (χ0) is 11.5. The molecule has 0 radical (unpaired) electrons. The van der Waals surface area contributed by atoms with Crippen LogP contribution < -0.4 is 5.32 Å². The van der Waals surface area contributed by atoms with Crippen molar-refractivity contribution in [1.82, 2.24) is 10.2 Å². The molecule has 1 aliphatic heterocycles.